The van der Waals surface area contributed by atoms with Crippen molar-refractivity contribution >= 4 is 60.7 Å². The molecule has 10 rings (SSSR count). The van der Waals surface area contributed by atoms with Gasteiger partial charge in [0.15, 0.2) is 0 Å². The maximum atomic E-state index is 13.4. The summed E-state index contributed by atoms with van der Waals surface area (Å²) in [5.41, 5.74) is -1.03. The summed E-state index contributed by atoms with van der Waals surface area (Å²) in [6.07, 6.45) is -3.30. The zero-order chi connectivity index (χ0) is 62.9. The van der Waals surface area contributed by atoms with Crippen molar-refractivity contribution in [1.82, 2.24) is 14.7 Å². The minimum Gasteiger partial charge on any atom is -0.496 e. The van der Waals surface area contributed by atoms with E-state index in [9.17, 15) is 77.8 Å². The van der Waals surface area contributed by atoms with Crippen molar-refractivity contribution in [2.24, 2.45) is 0 Å². The van der Waals surface area contributed by atoms with Gasteiger partial charge in [-0.3, -0.25) is 42.0 Å². The van der Waals surface area contributed by atoms with E-state index in [1.54, 1.807) is 0 Å². The van der Waals surface area contributed by atoms with Crippen LogP contribution in [0.15, 0.2) is 102 Å². The van der Waals surface area contributed by atoms with Gasteiger partial charge in [-0.2, -0.15) is 50.5 Å². The van der Waals surface area contributed by atoms with Crippen LogP contribution in [0.3, 0.4) is 0 Å². The molecule has 4 heterocycles. The van der Waals surface area contributed by atoms with E-state index in [1.807, 2.05) is 14.7 Å². The smallest absolute Gasteiger partial charge is 0.294 e. The van der Waals surface area contributed by atoms with Gasteiger partial charge in [0, 0.05) is 125 Å². The van der Waals surface area contributed by atoms with Crippen LogP contribution in [0.25, 0.3) is 0 Å². The van der Waals surface area contributed by atoms with E-state index in [1.165, 1.54) is 21.3 Å². The van der Waals surface area contributed by atoms with E-state index in [2.05, 4.69) is 0 Å². The first kappa shape index (κ1) is 63.5. The largest absolute Gasteiger partial charge is 0.496 e. The quantitative estimate of drug-likeness (QED) is 0.111. The Hall–Kier alpha value is -6.54. The molecule has 4 aliphatic heterocycles. The average molecular weight is 1320 g/mol. The molecule has 468 valence electrons. The molecule has 0 aliphatic carbocycles. The summed E-state index contributed by atoms with van der Waals surface area (Å²) in [5, 5.41) is 0. The molecule has 0 saturated carbocycles. The topological polar surface area (TPSA) is 391 Å². The van der Waals surface area contributed by atoms with Gasteiger partial charge in [0.25, 0.3) is 60.7 Å². The number of hydrogen-bond acceptors (Lipinski definition) is 21. The van der Waals surface area contributed by atoms with E-state index < -0.39 is 129 Å². The van der Waals surface area contributed by atoms with Crippen LogP contribution in [0.1, 0.15) is 66.8 Å². The molecule has 6 aromatic carbocycles. The second-order valence-electron chi connectivity index (χ2n) is 21.1. The summed E-state index contributed by atoms with van der Waals surface area (Å²) in [6, 6.07) is 12.3. The number of nitrogens with zero attached hydrogens (tertiary/aromatic N) is 3. The number of fused-ring (bicyclic) bond motifs is 12. The Balaban J connectivity index is 1.40. The highest BCUT2D eigenvalue weighted by Gasteiger charge is 2.32. The van der Waals surface area contributed by atoms with Crippen LogP contribution < -0.4 is 28.4 Å². The highest BCUT2D eigenvalue weighted by atomic mass is 32.2. The number of ether oxygens (including phenoxy) is 6. The van der Waals surface area contributed by atoms with Crippen molar-refractivity contribution in [3.05, 3.63) is 140 Å². The summed E-state index contributed by atoms with van der Waals surface area (Å²) in [6.45, 7) is 0.582. The van der Waals surface area contributed by atoms with Crippen molar-refractivity contribution in [1.29, 1.82) is 0 Å². The normalized spacial score (nSPS) is 18.7. The average Bonchev–Trinajstić information content (AvgIpc) is 0.970. The number of methoxy groups -OCH3 is 3. The van der Waals surface area contributed by atoms with E-state index in [0.29, 0.717) is 0 Å². The van der Waals surface area contributed by atoms with Gasteiger partial charge in [-0.25, -0.2) is 0 Å². The Morgan fingerprint density at radius 2 is 0.460 bits per heavy atom. The van der Waals surface area contributed by atoms with Crippen LogP contribution in [0.5, 0.6) is 34.5 Å². The van der Waals surface area contributed by atoms with Crippen molar-refractivity contribution in [2.75, 3.05) is 80.8 Å². The van der Waals surface area contributed by atoms with Crippen molar-refractivity contribution in [3.8, 4) is 34.5 Å². The Kier molecular flexibility index (Phi) is 17.3. The van der Waals surface area contributed by atoms with Gasteiger partial charge in [-0.05, 0) is 72.8 Å². The molecule has 6 aromatic rings. The fraction of sp³-hybridized carbons (Fsp3) is 0.333. The number of benzene rings is 6. The van der Waals surface area contributed by atoms with Gasteiger partial charge in [-0.15, -0.1) is 0 Å². The van der Waals surface area contributed by atoms with Gasteiger partial charge in [-0.1, -0.05) is 0 Å². The lowest BCUT2D eigenvalue weighted by Crippen LogP contribution is -2.56. The predicted octanol–water partition coefficient (Wildman–Crippen LogP) is 4.01. The first-order valence-corrected chi connectivity index (χ1v) is 34.8. The third-order valence-electron chi connectivity index (χ3n) is 15.1. The molecule has 4 aliphatic rings. The lowest BCUT2D eigenvalue weighted by Gasteiger charge is -2.42. The highest BCUT2D eigenvalue weighted by Crippen LogP contribution is 2.44. The number of hydrogen-bond donors (Lipinski definition) is 6. The lowest BCUT2D eigenvalue weighted by molar-refractivity contribution is -0.0416. The van der Waals surface area contributed by atoms with Crippen molar-refractivity contribution in [3.63, 3.8) is 0 Å². The first-order valence-electron chi connectivity index (χ1n) is 26.2. The van der Waals surface area contributed by atoms with Crippen molar-refractivity contribution in [2.45, 2.75) is 67.9 Å². The maximum Gasteiger partial charge on any atom is 0.294 e. The molecule has 12 bridgehead atoms. The van der Waals surface area contributed by atoms with Gasteiger partial charge in [0.05, 0.1) is 70.7 Å². The van der Waals surface area contributed by atoms with Crippen LogP contribution in [0.4, 0.5) is 0 Å². The second kappa shape index (κ2) is 23.8. The molecular formula is C54H57N3O24S6. The molecule has 33 heteroatoms. The predicted molar refractivity (Wildman–Crippen MR) is 305 cm³/mol. The van der Waals surface area contributed by atoms with Gasteiger partial charge >= 0.3 is 0 Å². The fourth-order valence-corrected chi connectivity index (χ4v) is 15.1. The zero-order valence-electron chi connectivity index (χ0n) is 46.4. The van der Waals surface area contributed by atoms with Crippen LogP contribution in [0.2, 0.25) is 0 Å². The van der Waals surface area contributed by atoms with Gasteiger partial charge in [0.1, 0.15) is 54.3 Å². The van der Waals surface area contributed by atoms with Crippen LogP contribution in [0, 0.1) is 0 Å². The minimum absolute atomic E-state index is 0.0784. The third-order valence-corrected chi connectivity index (χ3v) is 20.1. The molecule has 6 N–H and O–H groups in total. The molecular weight excluding hydrogens is 1270 g/mol. The molecule has 87 heavy (non-hydrogen) atoms. The van der Waals surface area contributed by atoms with Crippen LogP contribution >= 0.6 is 0 Å². The molecule has 0 spiro atoms. The SMILES string of the molecule is COc1c2cc(S(=O)(=O)O)cc1Cc1cc(S(=O)(=O)O)cc3c1OCCN1CN4CCOc5c(cc(S(=O)(=O)O)cc5Cc5cc(S(=O)(=O)O)cc(c5OC)Cc5cc(S(=O)(=O)O)cc(c5OCCN(C4)C1)Cc1cc(S(=O)(=O)O)cc(c1OC)C3)C2. The summed E-state index contributed by atoms with van der Waals surface area (Å²) in [4.78, 5) is 1.41. The summed E-state index contributed by atoms with van der Waals surface area (Å²) < 4.78 is 263. The molecule has 0 amide bonds. The summed E-state index contributed by atoms with van der Waals surface area (Å²) in [5.74, 6) is -0.685. The summed E-state index contributed by atoms with van der Waals surface area (Å²) >= 11 is 0. The van der Waals surface area contributed by atoms with E-state index >= 15 is 0 Å². The molecule has 0 radical (unpaired) electrons. The molecule has 0 unspecified atom stereocenters. The molecule has 0 atom stereocenters. The first-order chi connectivity index (χ1) is 40.7. The Labute approximate surface area is 501 Å². The molecule has 0 aromatic heterocycles. The Morgan fingerprint density at radius 1 is 0.299 bits per heavy atom. The van der Waals surface area contributed by atoms with Crippen LogP contribution in [-0.4, -0.2) is 173 Å². The van der Waals surface area contributed by atoms with Crippen molar-refractivity contribution < 1.29 is 106 Å². The lowest BCUT2D eigenvalue weighted by atomic mass is 9.91. The zero-order valence-corrected chi connectivity index (χ0v) is 51.3. The Morgan fingerprint density at radius 3 is 0.609 bits per heavy atom. The van der Waals surface area contributed by atoms with E-state index in [4.69, 9.17) is 28.4 Å². The molecule has 27 nitrogen and oxygen atoms in total. The van der Waals surface area contributed by atoms with E-state index in [-0.39, 0.29) is 161 Å². The summed E-state index contributed by atoms with van der Waals surface area (Å²) in [7, 11) is -27.5. The standard InChI is InChI=1S/C54H57N3O24S6/c1-76-49-31-10-37-22-46(85(67,68)69)24-39-12-33-18-44(83(61,62)63)20-35(50(33)77-2)14-41-26-48(87(73,74)75)27-42-15-36-21-45(84(64,65)66)19-34(51(36)78-3)13-40-25-47(86(70,71)72)23-38(11-32(49)17-43(16-31)82(58,59)60)53(40)80-8-5-56-28-55(4-7-79-52(37)39)29-57(30-56)6-9-81-54(41)42/h16-27H,4-15,28-30H2,1-3H3,(H,58,59,60)(H,61,62,63)(H,64,65,66)(H,67,68,69)(H,70,71,72)(H,73,74,75). The fourth-order valence-electron chi connectivity index (χ4n) is 11.6. The second-order valence-corrected chi connectivity index (χ2v) is 29.6. The van der Waals surface area contributed by atoms with E-state index in [0.717, 1.165) is 72.8 Å². The Bertz CT molecular complexity index is 3920. The van der Waals surface area contributed by atoms with Crippen LogP contribution in [-0.2, 0) is 99.2 Å². The highest BCUT2D eigenvalue weighted by molar-refractivity contribution is 7.87. The van der Waals surface area contributed by atoms with Gasteiger partial charge < -0.3 is 28.4 Å². The number of rotatable bonds is 9. The third kappa shape index (κ3) is 13.9. The van der Waals surface area contributed by atoms with Gasteiger partial charge in [0.2, 0.25) is 0 Å². The molecule has 1 fully saturated rings. The minimum atomic E-state index is -5.19. The monoisotopic (exact) mass is 1320 g/mol. The maximum absolute atomic E-state index is 13.4. The molecule has 1 saturated heterocycles.